The molecule has 0 unspecified atom stereocenters. The number of pyridine rings is 1. The number of carbonyl (C=O) groups is 1. The molecule has 5 rings (SSSR count). The van der Waals surface area contributed by atoms with Crippen molar-refractivity contribution in [1.82, 2.24) is 4.98 Å². The molecule has 7 heteroatoms. The summed E-state index contributed by atoms with van der Waals surface area (Å²) >= 11 is 19.5. The minimum atomic E-state index is -0.858. The predicted octanol–water partition coefficient (Wildman–Crippen LogP) is 4.68. The van der Waals surface area contributed by atoms with Crippen LogP contribution in [-0.4, -0.2) is 27.8 Å². The molecule has 2 saturated carbocycles. The van der Waals surface area contributed by atoms with E-state index in [-0.39, 0.29) is 22.6 Å². The quantitative estimate of drug-likeness (QED) is 0.545. The number of aromatic nitrogens is 1. The zero-order valence-electron chi connectivity index (χ0n) is 13.7. The number of esters is 1. The lowest BCUT2D eigenvalue weighted by molar-refractivity contribution is 0.0729. The lowest BCUT2D eigenvalue weighted by atomic mass is 9.68. The van der Waals surface area contributed by atoms with Crippen LogP contribution in [0, 0.1) is 5.41 Å². The Labute approximate surface area is 165 Å². The fourth-order valence-electron chi connectivity index (χ4n) is 4.70. The van der Waals surface area contributed by atoms with Crippen molar-refractivity contribution in [3.05, 3.63) is 53.3 Å². The van der Waals surface area contributed by atoms with Gasteiger partial charge in [0.2, 0.25) is 0 Å². The molecule has 134 valence electrons. The van der Waals surface area contributed by atoms with Crippen LogP contribution < -0.4 is 9.47 Å². The number of rotatable bonds is 3. The summed E-state index contributed by atoms with van der Waals surface area (Å²) in [7, 11) is 1.55. The van der Waals surface area contributed by atoms with E-state index in [9.17, 15) is 4.79 Å². The predicted molar refractivity (Wildman–Crippen MR) is 98.8 cm³/mol. The minimum absolute atomic E-state index is 0.0170. The van der Waals surface area contributed by atoms with Gasteiger partial charge in [0, 0.05) is 29.0 Å². The largest absolute Gasteiger partial charge is 0.497 e. The van der Waals surface area contributed by atoms with Crippen molar-refractivity contribution in [2.75, 3.05) is 7.11 Å². The Morgan fingerprint density at radius 2 is 2.12 bits per heavy atom. The van der Waals surface area contributed by atoms with Crippen LogP contribution in [0.4, 0.5) is 0 Å². The number of carbonyl (C=O) groups excluding carboxylic acids is 1. The van der Waals surface area contributed by atoms with Gasteiger partial charge in [-0.15, -0.1) is 34.8 Å². The normalized spacial score (nSPS) is 31.9. The molecule has 1 aromatic carbocycles. The number of benzene rings is 1. The molecule has 0 aliphatic heterocycles. The van der Waals surface area contributed by atoms with E-state index >= 15 is 0 Å². The molecule has 4 nitrogen and oxygen atoms in total. The Bertz CT molecular complexity index is 947. The Morgan fingerprint density at radius 1 is 1.31 bits per heavy atom. The molecular weight excluding hydrogens is 397 g/mol. The first-order valence-electron chi connectivity index (χ1n) is 8.28. The maximum absolute atomic E-state index is 12.6. The molecular formula is C19H14Cl3NO3. The highest BCUT2D eigenvalue weighted by molar-refractivity contribution is 6.51. The third-order valence-electron chi connectivity index (χ3n) is 5.96. The topological polar surface area (TPSA) is 48.4 Å². The van der Waals surface area contributed by atoms with Crippen molar-refractivity contribution in [3.8, 4) is 11.5 Å². The fourth-order valence-corrected chi connectivity index (χ4v) is 6.58. The maximum Gasteiger partial charge on any atom is 0.343 e. The van der Waals surface area contributed by atoms with Gasteiger partial charge in [-0.3, -0.25) is 4.98 Å². The summed E-state index contributed by atoms with van der Waals surface area (Å²) in [5.41, 5.74) is 1.81. The highest BCUT2D eigenvalue weighted by atomic mass is 35.5. The molecule has 26 heavy (non-hydrogen) atoms. The number of ether oxygens (including phenoxy) is 2. The Kier molecular flexibility index (Phi) is 3.38. The summed E-state index contributed by atoms with van der Waals surface area (Å²) in [6.45, 7) is 0. The number of alkyl halides is 3. The fraction of sp³-hybridized carbons (Fsp3) is 0.368. The van der Waals surface area contributed by atoms with Crippen molar-refractivity contribution in [2.24, 2.45) is 5.41 Å². The van der Waals surface area contributed by atoms with Crippen LogP contribution >= 0.6 is 34.8 Å². The van der Waals surface area contributed by atoms with Crippen LogP contribution in [0.5, 0.6) is 11.5 Å². The average Bonchev–Trinajstić information content (AvgIpc) is 3.20. The molecule has 1 heterocycles. The van der Waals surface area contributed by atoms with Crippen LogP contribution in [0.25, 0.3) is 0 Å². The van der Waals surface area contributed by atoms with Gasteiger partial charge in [-0.2, -0.15) is 0 Å². The van der Waals surface area contributed by atoms with Crippen molar-refractivity contribution >= 4 is 40.8 Å². The molecule has 0 amide bonds. The highest BCUT2D eigenvalue weighted by Crippen LogP contribution is 2.88. The number of fused-ring (bicyclic) bond motifs is 3. The zero-order valence-corrected chi connectivity index (χ0v) is 16.0. The van der Waals surface area contributed by atoms with Gasteiger partial charge < -0.3 is 9.47 Å². The third kappa shape index (κ3) is 1.88. The third-order valence-corrected chi connectivity index (χ3v) is 7.53. The number of hydrogen-bond donors (Lipinski definition) is 0. The van der Waals surface area contributed by atoms with E-state index in [0.717, 1.165) is 11.3 Å². The van der Waals surface area contributed by atoms with Crippen molar-refractivity contribution in [1.29, 1.82) is 0 Å². The van der Waals surface area contributed by atoms with Crippen molar-refractivity contribution in [2.45, 2.75) is 28.0 Å². The summed E-state index contributed by atoms with van der Waals surface area (Å²) < 4.78 is 10.0. The van der Waals surface area contributed by atoms with Crippen LogP contribution in [0.1, 0.15) is 39.9 Å². The number of hydrogen-bond acceptors (Lipinski definition) is 4. The molecule has 0 radical (unpaired) electrons. The summed E-state index contributed by atoms with van der Waals surface area (Å²) in [5, 5.41) is -0.124. The molecule has 1 spiro atoms. The Balaban J connectivity index is 1.49. The van der Waals surface area contributed by atoms with Crippen LogP contribution in [-0.2, 0) is 0 Å². The Morgan fingerprint density at radius 3 is 2.85 bits per heavy atom. The van der Waals surface area contributed by atoms with Gasteiger partial charge in [0.25, 0.3) is 0 Å². The molecule has 1 aromatic heterocycles. The minimum Gasteiger partial charge on any atom is -0.497 e. The Hall–Kier alpha value is -1.49. The van der Waals surface area contributed by atoms with Gasteiger partial charge in [-0.25, -0.2) is 4.79 Å². The summed E-state index contributed by atoms with van der Waals surface area (Å²) in [6.07, 6.45) is 2.22. The van der Waals surface area contributed by atoms with E-state index < -0.39 is 10.3 Å². The van der Waals surface area contributed by atoms with Gasteiger partial charge >= 0.3 is 5.97 Å². The second-order valence-corrected chi connectivity index (χ2v) is 8.96. The molecule has 0 saturated heterocycles. The van der Waals surface area contributed by atoms with Crippen LogP contribution in [0.15, 0.2) is 36.5 Å². The number of nitrogens with zero attached hydrogens (tertiary/aromatic N) is 1. The molecule has 0 bridgehead atoms. The van der Waals surface area contributed by atoms with Gasteiger partial charge in [0.15, 0.2) is 0 Å². The zero-order chi connectivity index (χ0) is 18.3. The molecule has 2 fully saturated rings. The molecule has 3 aliphatic carbocycles. The van der Waals surface area contributed by atoms with Crippen LogP contribution in [0.2, 0.25) is 0 Å². The first-order chi connectivity index (χ1) is 12.4. The van der Waals surface area contributed by atoms with Crippen LogP contribution in [0.3, 0.4) is 0 Å². The first-order valence-corrected chi connectivity index (χ1v) is 9.48. The molecule has 4 atom stereocenters. The van der Waals surface area contributed by atoms with Gasteiger partial charge in [-0.05, 0) is 30.7 Å². The van der Waals surface area contributed by atoms with E-state index in [1.807, 2.05) is 0 Å². The van der Waals surface area contributed by atoms with E-state index in [0.29, 0.717) is 23.5 Å². The monoisotopic (exact) mass is 409 g/mol. The van der Waals surface area contributed by atoms with Crippen molar-refractivity contribution < 1.29 is 14.3 Å². The average molecular weight is 411 g/mol. The van der Waals surface area contributed by atoms with Gasteiger partial charge in [-0.1, -0.05) is 6.07 Å². The maximum atomic E-state index is 12.6. The van der Waals surface area contributed by atoms with E-state index in [4.69, 9.17) is 44.3 Å². The SMILES string of the molecule is COc1cccc(C(=O)Oc2ccnc3c2[C@H]2CC(Cl)(Cl)[C@]24[C@H](Cl)[C@H]34)c1. The smallest absolute Gasteiger partial charge is 0.343 e. The summed E-state index contributed by atoms with van der Waals surface area (Å²) in [4.78, 5) is 17.1. The van der Waals surface area contributed by atoms with E-state index in [1.54, 1.807) is 43.6 Å². The number of halogens is 3. The summed E-state index contributed by atoms with van der Waals surface area (Å²) in [5.74, 6) is 0.742. The lowest BCUT2D eigenvalue weighted by Crippen LogP contribution is -2.47. The second kappa shape index (κ2) is 5.28. The van der Waals surface area contributed by atoms with Gasteiger partial charge in [0.05, 0.1) is 23.7 Å². The molecule has 3 aliphatic rings. The standard InChI is InChI=1S/C19H14Cl3NO3/c1-25-10-4-2-3-9(7-10)17(24)26-12-5-6-23-15-13(12)11-8-18(21,22)19(11)14(15)16(19)20/h2-7,11,14,16H,8H2,1H3/t11-,14+,16-,19-/m1/s1. The highest BCUT2D eigenvalue weighted by Gasteiger charge is 2.87. The van der Waals surface area contributed by atoms with E-state index in [2.05, 4.69) is 4.98 Å². The lowest BCUT2D eigenvalue weighted by Gasteiger charge is -2.47. The van der Waals surface area contributed by atoms with E-state index in [1.165, 1.54) is 0 Å². The van der Waals surface area contributed by atoms with Crippen molar-refractivity contribution in [3.63, 3.8) is 0 Å². The second-order valence-electron chi connectivity index (χ2n) is 7.00. The first kappa shape index (κ1) is 16.7. The van der Waals surface area contributed by atoms with Gasteiger partial charge in [0.1, 0.15) is 15.8 Å². The summed E-state index contributed by atoms with van der Waals surface area (Å²) in [6, 6.07) is 8.56. The number of methoxy groups -OCH3 is 1. The molecule has 2 aromatic rings. The molecule has 0 N–H and O–H groups in total.